The molecule has 0 radical (unpaired) electrons. The number of fused-ring (bicyclic) bond motifs is 9. The minimum Gasteiger partial charge on any atom is -0.408 e. The van der Waals surface area contributed by atoms with Crippen molar-refractivity contribution in [3.63, 3.8) is 0 Å². The normalized spacial score (nSPS) is 42.4. The molecule has 0 aromatic heterocycles. The molecule has 0 aromatic rings. The molecule has 25 heteroatoms. The van der Waals surface area contributed by atoms with Crippen LogP contribution in [0.1, 0.15) is 271 Å². The first-order valence-corrected chi connectivity index (χ1v) is 57.6. The lowest BCUT2D eigenvalue weighted by molar-refractivity contribution is -0.266. The SMILES string of the molecule is C=C1CC2CCC(=O)/C=C/[C@H](O[Si](C)(C)C(C)(C)C)[C@@H]3O[C@H]4CCC(CC(=O)C[C@H]5C(C[C@H]6OC(CC[C@@H]1O2)C[C@@H](C)C6=C)O[C@H](C[C@H](C)CC)[C@@H]5C)O[C@@H]4[C@H](O[Si](C)(C)C(C)(C)C)[C@@H]3O[Si](C)(C)C(C)(C)C.C=C1CC2CCC(=O)C[C@H]3O[C@H]4[C@@H](O)[C@H]5OC(CC[C@@H]5O[C@H]4[C@H]3O)CC(=O)C[C@H]3C(C[C@H]4OC(CC[C@@H]1O2)C[C@@H](C)C4=C)O[C@H](C[C@H](O)CO)[C@@H]3C. The average molecular weight is 1800 g/mol. The van der Waals surface area contributed by atoms with Crippen molar-refractivity contribution in [2.75, 3.05) is 6.61 Å². The maximum atomic E-state index is 14.8. The highest BCUT2D eigenvalue weighted by molar-refractivity contribution is 6.75. The molecule has 8 unspecified atom stereocenters. The Kier molecular flexibility index (Phi) is 33.8. The number of rotatable bonds is 12. The highest BCUT2D eigenvalue weighted by Crippen LogP contribution is 2.52. The molecule has 0 spiro atoms. The average Bonchev–Trinajstić information content (AvgIpc) is 1.65. The third-order valence-corrected chi connectivity index (χ3v) is 46.6. The molecule has 4 N–H and O–H groups in total. The van der Waals surface area contributed by atoms with Gasteiger partial charge in [-0.25, -0.2) is 0 Å². The van der Waals surface area contributed by atoms with Gasteiger partial charge in [-0.1, -0.05) is 143 Å². The monoisotopic (exact) mass is 1800 g/mol. The van der Waals surface area contributed by atoms with E-state index in [9.17, 15) is 39.6 Å². The van der Waals surface area contributed by atoms with Gasteiger partial charge in [-0.2, -0.15) is 0 Å². The number of ketones is 4. The largest absolute Gasteiger partial charge is 0.408 e. The Morgan fingerprint density at radius 1 is 0.432 bits per heavy atom. The molecule has 15 heterocycles. The van der Waals surface area contributed by atoms with E-state index in [1.165, 1.54) is 0 Å². The van der Waals surface area contributed by atoms with Crippen molar-refractivity contribution in [3.8, 4) is 0 Å². The van der Waals surface area contributed by atoms with Crippen molar-refractivity contribution < 1.29 is 105 Å². The second kappa shape index (κ2) is 41.7. The van der Waals surface area contributed by atoms with Crippen LogP contribution in [0.2, 0.25) is 54.4 Å². The first kappa shape index (κ1) is 101. The summed E-state index contributed by atoms with van der Waals surface area (Å²) >= 11 is 0. The fourth-order valence-electron chi connectivity index (χ4n) is 21.6. The molecule has 35 atom stereocenters. The van der Waals surface area contributed by atoms with Gasteiger partial charge in [0.1, 0.15) is 72.3 Å². The quantitative estimate of drug-likeness (QED) is 0.104. The number of aliphatic hydroxyl groups is 4. The number of Topliss-reactive ketones (excluding diaryl/α,β-unsaturated/α-hetero) is 3. The first-order chi connectivity index (χ1) is 58.5. The number of carbonyl (C=O) groups excluding carboxylic acids is 4. The second-order valence-corrected chi connectivity index (χ2v) is 59.9. The van der Waals surface area contributed by atoms with Crippen LogP contribution in [0.25, 0.3) is 0 Å². The van der Waals surface area contributed by atoms with Gasteiger partial charge in [0.25, 0.3) is 0 Å². The van der Waals surface area contributed by atoms with E-state index in [2.05, 4.69) is 169 Å². The number of ether oxygens (including phenoxy) is 11. The third-order valence-electron chi connectivity index (χ3n) is 33.2. The summed E-state index contributed by atoms with van der Waals surface area (Å²) in [6.45, 7) is 65.0. The van der Waals surface area contributed by atoms with Crippen molar-refractivity contribution in [2.24, 2.45) is 41.4 Å². The highest BCUT2D eigenvalue weighted by Gasteiger charge is 2.61. The van der Waals surface area contributed by atoms with E-state index < -0.39 is 110 Å². The van der Waals surface area contributed by atoms with E-state index in [-0.39, 0.29) is 192 Å². The van der Waals surface area contributed by atoms with Gasteiger partial charge in [-0.05, 0) is 221 Å². The van der Waals surface area contributed by atoms with Crippen molar-refractivity contribution >= 4 is 48.1 Å². The van der Waals surface area contributed by atoms with Crippen LogP contribution in [0.4, 0.5) is 0 Å². The summed E-state index contributed by atoms with van der Waals surface area (Å²) in [5, 5.41) is 42.1. The van der Waals surface area contributed by atoms with Crippen LogP contribution in [-0.4, -0.2) is 246 Å². The predicted octanol–water partition coefficient (Wildman–Crippen LogP) is 17.3. The number of carbonyl (C=O) groups is 4. The minimum atomic E-state index is -2.54. The lowest BCUT2D eigenvalue weighted by atomic mass is 9.78. The molecule has 125 heavy (non-hydrogen) atoms. The summed E-state index contributed by atoms with van der Waals surface area (Å²) in [6.07, 6.45) is 7.48. The summed E-state index contributed by atoms with van der Waals surface area (Å²) in [4.78, 5) is 55.9. The minimum absolute atomic E-state index is 0.00785. The van der Waals surface area contributed by atoms with E-state index in [0.717, 1.165) is 80.1 Å². The molecule has 15 aliphatic rings. The van der Waals surface area contributed by atoms with Crippen LogP contribution in [0.15, 0.2) is 60.8 Å². The molecule has 0 aromatic carbocycles. The molecule has 710 valence electrons. The van der Waals surface area contributed by atoms with Crippen molar-refractivity contribution in [1.82, 2.24) is 0 Å². The van der Waals surface area contributed by atoms with E-state index in [1.54, 1.807) is 6.08 Å². The molecule has 0 amide bonds. The van der Waals surface area contributed by atoms with Crippen molar-refractivity contribution in [3.05, 3.63) is 60.8 Å². The summed E-state index contributed by atoms with van der Waals surface area (Å²) in [5.41, 5.74) is 4.27. The van der Waals surface area contributed by atoms with E-state index in [0.29, 0.717) is 88.9 Å². The number of hydrogen-bond donors (Lipinski definition) is 4. The summed E-state index contributed by atoms with van der Waals surface area (Å²) in [7, 11) is -7.52. The maximum Gasteiger partial charge on any atom is 0.193 e. The van der Waals surface area contributed by atoms with Crippen LogP contribution >= 0.6 is 0 Å². The van der Waals surface area contributed by atoms with E-state index >= 15 is 0 Å². The van der Waals surface area contributed by atoms with Gasteiger partial charge < -0.3 is 85.8 Å². The number of aliphatic hydroxyl groups excluding tert-OH is 4. The van der Waals surface area contributed by atoms with Gasteiger partial charge in [0, 0.05) is 64.2 Å². The summed E-state index contributed by atoms with van der Waals surface area (Å²) < 4.78 is 96.8. The molecular weight excluding hydrogens is 1640 g/mol. The molecule has 15 rings (SSSR count). The van der Waals surface area contributed by atoms with Gasteiger partial charge >= 0.3 is 0 Å². The molecule has 0 aliphatic carbocycles. The standard InChI is InChI=1S/C60H106O10Si3.C40H60O12/c1-22-37(2)31-51-41(6)47-35-43(62)34-46-27-30-49-54(65-46)56(69-72(18,19)59(10,11)12)57(70-73(20,21)60(13,14)15)55(67-49)50(68-71(16,17)58(7,8)9)28-24-42(61)23-25-44-33-39(4)48(63-44)29-26-45-32-38(3)40(5)52(64-45)36-53(47)66-51;1-19-11-27-7-9-30-20(2)12-26(47-30)6-5-23(42)15-35-36(45)39-40(52-35)37(46)38-31(51-39)10-8-28(49-38)13-24(43)14-29-22(4)32(16-25(44)18-41)50-34(29)17-33(48-27)21(19)3/h24,28,37-38,41,44-57H,4-5,22-23,25-27,29-36H2,1-3,6-21H3;19,22,25-41,44-46H,2-3,5-18H2,1,4H3/b28-24+;/t37-,38-,41-,44?,45?,46?,47-,48+,49+,50+,51-,52-,53?,54+,55+,56+,57-;19-,22-,25+,26?,27?,28?,29-,30+,31+,32-,33-,34?,35-,36+,37+,38+,39+,40+/m11/s1. The van der Waals surface area contributed by atoms with Gasteiger partial charge in [0.2, 0.25) is 0 Å². The van der Waals surface area contributed by atoms with E-state index in [4.69, 9.17) is 65.4 Å². The molecule has 16 bridgehead atoms. The molecule has 22 nitrogen and oxygen atoms in total. The zero-order valence-electron chi connectivity index (χ0n) is 80.4. The Balaban J connectivity index is 0.000000240. The zero-order chi connectivity index (χ0) is 91.2. The maximum absolute atomic E-state index is 14.8. The Morgan fingerprint density at radius 3 is 1.34 bits per heavy atom. The number of hydrogen-bond acceptors (Lipinski definition) is 22. The Morgan fingerprint density at radius 2 is 0.848 bits per heavy atom. The van der Waals surface area contributed by atoms with Gasteiger partial charge in [0.05, 0.1) is 123 Å². The zero-order valence-corrected chi connectivity index (χ0v) is 83.4. The molecule has 0 saturated carbocycles. The fourth-order valence-corrected chi connectivity index (χ4v) is 25.5. The predicted molar refractivity (Wildman–Crippen MR) is 491 cm³/mol. The Bertz CT molecular complexity index is 3730. The van der Waals surface area contributed by atoms with Crippen molar-refractivity contribution in [1.29, 1.82) is 0 Å². The third kappa shape index (κ3) is 24.3. The lowest BCUT2D eigenvalue weighted by Gasteiger charge is -2.56. The molecule has 15 aliphatic heterocycles. The van der Waals surface area contributed by atoms with Crippen LogP contribution in [-0.2, 0) is 84.6 Å². The highest BCUT2D eigenvalue weighted by atomic mass is 28.4. The van der Waals surface area contributed by atoms with Crippen LogP contribution < -0.4 is 0 Å². The number of allylic oxidation sites excluding steroid dienone is 1. The van der Waals surface area contributed by atoms with Crippen LogP contribution in [0, 0.1) is 41.4 Å². The topological polar surface area (TPSA) is 278 Å². The van der Waals surface area contributed by atoms with Gasteiger partial charge in [0.15, 0.2) is 30.7 Å². The molecule has 12 saturated heterocycles. The van der Waals surface area contributed by atoms with Gasteiger partial charge in [-0.3, -0.25) is 19.2 Å². The molecular formula is C100H166O22Si3. The summed E-state index contributed by atoms with van der Waals surface area (Å²) in [5.74, 6) is 1.41. The molecule has 12 fully saturated rings. The van der Waals surface area contributed by atoms with Gasteiger partial charge in [-0.15, -0.1) is 0 Å². The summed E-state index contributed by atoms with van der Waals surface area (Å²) in [6, 6.07) is 0. The smallest absolute Gasteiger partial charge is 0.193 e. The van der Waals surface area contributed by atoms with Crippen molar-refractivity contribution in [2.45, 2.75) is 496 Å². The lowest BCUT2D eigenvalue weighted by Crippen LogP contribution is -2.69. The Labute approximate surface area is 753 Å². The first-order valence-electron chi connectivity index (χ1n) is 48.9. The van der Waals surface area contributed by atoms with Crippen LogP contribution in [0.5, 0.6) is 0 Å². The fraction of sp³-hybridized carbons (Fsp3) is 0.860. The van der Waals surface area contributed by atoms with Crippen LogP contribution in [0.3, 0.4) is 0 Å². The second-order valence-electron chi connectivity index (χ2n) is 45.6. The Hall–Kier alpha value is -2.69. The van der Waals surface area contributed by atoms with E-state index in [1.807, 2.05) is 6.08 Å².